The first kappa shape index (κ1) is 14.2. The molecule has 0 aromatic heterocycles. The van der Waals surface area contributed by atoms with E-state index in [-0.39, 0.29) is 11.8 Å². The van der Waals surface area contributed by atoms with Crippen molar-refractivity contribution >= 4 is 9.84 Å². The van der Waals surface area contributed by atoms with Crippen molar-refractivity contribution < 1.29 is 8.42 Å². The summed E-state index contributed by atoms with van der Waals surface area (Å²) in [5.74, 6) is 0.172. The molecule has 0 aliphatic rings. The summed E-state index contributed by atoms with van der Waals surface area (Å²) in [5.41, 5.74) is 7.11. The highest BCUT2D eigenvalue weighted by Crippen LogP contribution is 2.10. The van der Waals surface area contributed by atoms with Crippen LogP contribution in [0.3, 0.4) is 0 Å². The van der Waals surface area contributed by atoms with Gasteiger partial charge in [0.15, 0.2) is 0 Å². The van der Waals surface area contributed by atoms with Gasteiger partial charge in [0.05, 0.1) is 5.75 Å². The summed E-state index contributed by atoms with van der Waals surface area (Å²) >= 11 is 0. The highest BCUT2D eigenvalue weighted by atomic mass is 32.2. The molecule has 1 atom stereocenters. The Kier molecular flexibility index (Phi) is 5.11. The van der Waals surface area contributed by atoms with Crippen LogP contribution in [0.15, 0.2) is 30.3 Å². The molecule has 2 N–H and O–H groups in total. The lowest BCUT2D eigenvalue weighted by Crippen LogP contribution is -2.32. The summed E-state index contributed by atoms with van der Waals surface area (Å²) in [7, 11) is -1.02. The molecule has 4 nitrogen and oxygen atoms in total. The zero-order valence-electron chi connectivity index (χ0n) is 10.3. The van der Waals surface area contributed by atoms with Gasteiger partial charge in [-0.1, -0.05) is 30.3 Å². The maximum Gasteiger partial charge on any atom is 0.148 e. The van der Waals surface area contributed by atoms with Crippen LogP contribution in [-0.4, -0.2) is 45.5 Å². The van der Waals surface area contributed by atoms with Gasteiger partial charge in [-0.3, -0.25) is 0 Å². The number of hydrogen-bond donors (Lipinski definition) is 1. The molecule has 0 spiro atoms. The molecule has 0 saturated heterocycles. The number of sulfone groups is 1. The first-order chi connectivity index (χ1) is 7.88. The van der Waals surface area contributed by atoms with Gasteiger partial charge in [0.25, 0.3) is 0 Å². The summed E-state index contributed by atoms with van der Waals surface area (Å²) < 4.78 is 22.1. The average molecular weight is 256 g/mol. The quantitative estimate of drug-likeness (QED) is 0.812. The Morgan fingerprint density at radius 3 is 2.41 bits per heavy atom. The predicted octanol–water partition coefficient (Wildman–Crippen LogP) is 0.663. The van der Waals surface area contributed by atoms with Gasteiger partial charge in [-0.05, 0) is 12.6 Å². The maximum absolute atomic E-state index is 11.0. The number of nitrogens with zero attached hydrogens (tertiary/aromatic N) is 1. The number of likely N-dealkylation sites (N-methyl/N-ethyl adjacent to an activating group) is 1. The van der Waals surface area contributed by atoms with Gasteiger partial charge >= 0.3 is 0 Å². The van der Waals surface area contributed by atoms with Crippen molar-refractivity contribution in [3.63, 3.8) is 0 Å². The molecule has 5 heteroatoms. The average Bonchev–Trinajstić information content (AvgIpc) is 2.27. The standard InChI is InChI=1S/C12H20N2O2S/c1-14(8-9-17(2,15)16)10-12(13)11-6-4-3-5-7-11/h3-7,12H,8-10,13H2,1-2H3. The van der Waals surface area contributed by atoms with E-state index in [2.05, 4.69) is 0 Å². The van der Waals surface area contributed by atoms with Crippen LogP contribution in [0, 0.1) is 0 Å². The van der Waals surface area contributed by atoms with Crippen LogP contribution in [0.2, 0.25) is 0 Å². The van der Waals surface area contributed by atoms with Crippen molar-refractivity contribution in [3.05, 3.63) is 35.9 Å². The summed E-state index contributed by atoms with van der Waals surface area (Å²) in [6, 6.07) is 9.73. The molecule has 0 aliphatic heterocycles. The lowest BCUT2D eigenvalue weighted by molar-refractivity contribution is 0.329. The van der Waals surface area contributed by atoms with Crippen molar-refractivity contribution in [1.82, 2.24) is 4.90 Å². The van der Waals surface area contributed by atoms with Crippen LogP contribution >= 0.6 is 0 Å². The second kappa shape index (κ2) is 6.14. The molecule has 0 bridgehead atoms. The van der Waals surface area contributed by atoms with E-state index in [1.165, 1.54) is 6.26 Å². The second-order valence-corrected chi connectivity index (χ2v) is 6.67. The third-order valence-electron chi connectivity index (χ3n) is 2.58. The Labute approximate surface area is 103 Å². The fourth-order valence-electron chi connectivity index (χ4n) is 1.55. The van der Waals surface area contributed by atoms with Gasteiger partial charge in [0, 0.05) is 25.4 Å². The van der Waals surface area contributed by atoms with Gasteiger partial charge < -0.3 is 10.6 Å². The highest BCUT2D eigenvalue weighted by Gasteiger charge is 2.10. The zero-order valence-corrected chi connectivity index (χ0v) is 11.2. The summed E-state index contributed by atoms with van der Waals surface area (Å²) in [6.45, 7) is 1.17. The lowest BCUT2D eigenvalue weighted by Gasteiger charge is -2.21. The normalized spacial score (nSPS) is 13.9. The zero-order chi connectivity index (χ0) is 12.9. The highest BCUT2D eigenvalue weighted by molar-refractivity contribution is 7.90. The van der Waals surface area contributed by atoms with Gasteiger partial charge in [-0.2, -0.15) is 0 Å². The van der Waals surface area contributed by atoms with E-state index in [4.69, 9.17) is 5.73 Å². The van der Waals surface area contributed by atoms with Crippen LogP contribution < -0.4 is 5.73 Å². The van der Waals surface area contributed by atoms with E-state index in [0.717, 1.165) is 5.56 Å². The fraction of sp³-hybridized carbons (Fsp3) is 0.500. The minimum atomic E-state index is -2.90. The van der Waals surface area contributed by atoms with Crippen molar-refractivity contribution in [2.75, 3.05) is 32.1 Å². The Morgan fingerprint density at radius 1 is 1.29 bits per heavy atom. The molecular weight excluding hydrogens is 236 g/mol. The topological polar surface area (TPSA) is 63.4 Å². The van der Waals surface area contributed by atoms with Crippen molar-refractivity contribution in [2.24, 2.45) is 5.73 Å². The van der Waals surface area contributed by atoms with Crippen molar-refractivity contribution in [3.8, 4) is 0 Å². The minimum absolute atomic E-state index is 0.0826. The van der Waals surface area contributed by atoms with E-state index >= 15 is 0 Å². The van der Waals surface area contributed by atoms with Gasteiger partial charge in [-0.25, -0.2) is 8.42 Å². The predicted molar refractivity (Wildman–Crippen MR) is 70.6 cm³/mol. The van der Waals surface area contributed by atoms with Crippen LogP contribution in [0.1, 0.15) is 11.6 Å². The Hall–Kier alpha value is -0.910. The summed E-state index contributed by atoms with van der Waals surface area (Å²) in [6.07, 6.45) is 1.25. The second-order valence-electron chi connectivity index (χ2n) is 4.41. The third kappa shape index (κ3) is 5.81. The lowest BCUT2D eigenvalue weighted by atomic mass is 10.1. The molecular formula is C12H20N2O2S. The smallest absolute Gasteiger partial charge is 0.148 e. The summed E-state index contributed by atoms with van der Waals surface area (Å²) in [5, 5.41) is 0. The minimum Gasteiger partial charge on any atom is -0.323 e. The first-order valence-corrected chi connectivity index (χ1v) is 7.61. The van der Waals surface area contributed by atoms with E-state index in [0.29, 0.717) is 13.1 Å². The third-order valence-corrected chi connectivity index (χ3v) is 3.50. The molecule has 17 heavy (non-hydrogen) atoms. The molecule has 0 heterocycles. The molecule has 96 valence electrons. The van der Waals surface area contributed by atoms with Crippen LogP contribution in [0.25, 0.3) is 0 Å². The maximum atomic E-state index is 11.0. The van der Waals surface area contributed by atoms with Crippen molar-refractivity contribution in [2.45, 2.75) is 6.04 Å². The molecule has 0 amide bonds. The van der Waals surface area contributed by atoms with Crippen LogP contribution in [0.5, 0.6) is 0 Å². The van der Waals surface area contributed by atoms with Gasteiger partial charge in [-0.15, -0.1) is 0 Å². The SMILES string of the molecule is CN(CCS(C)(=O)=O)CC(N)c1ccccc1. The number of benzene rings is 1. The Bertz CT molecular complexity index is 431. The number of nitrogens with two attached hydrogens (primary N) is 1. The Morgan fingerprint density at radius 2 is 1.88 bits per heavy atom. The molecule has 1 aromatic rings. The number of rotatable bonds is 6. The van der Waals surface area contributed by atoms with E-state index in [1.807, 2.05) is 42.3 Å². The van der Waals surface area contributed by atoms with Crippen LogP contribution in [-0.2, 0) is 9.84 Å². The monoisotopic (exact) mass is 256 g/mol. The largest absolute Gasteiger partial charge is 0.323 e. The molecule has 1 rings (SSSR count). The van der Waals surface area contributed by atoms with Gasteiger partial charge in [0.1, 0.15) is 9.84 Å². The van der Waals surface area contributed by atoms with Crippen molar-refractivity contribution in [1.29, 1.82) is 0 Å². The Balaban J connectivity index is 2.44. The molecule has 0 saturated carbocycles. The fourth-order valence-corrected chi connectivity index (χ4v) is 2.20. The molecule has 0 fully saturated rings. The van der Waals surface area contributed by atoms with E-state index < -0.39 is 9.84 Å². The van der Waals surface area contributed by atoms with E-state index in [1.54, 1.807) is 0 Å². The van der Waals surface area contributed by atoms with Crippen LogP contribution in [0.4, 0.5) is 0 Å². The first-order valence-electron chi connectivity index (χ1n) is 5.55. The molecule has 1 unspecified atom stereocenters. The molecule has 0 radical (unpaired) electrons. The van der Waals surface area contributed by atoms with Gasteiger partial charge in [0.2, 0.25) is 0 Å². The van der Waals surface area contributed by atoms with E-state index in [9.17, 15) is 8.42 Å². The summed E-state index contributed by atoms with van der Waals surface area (Å²) in [4.78, 5) is 1.94. The number of hydrogen-bond acceptors (Lipinski definition) is 4. The molecule has 1 aromatic carbocycles. The molecule has 0 aliphatic carbocycles.